The van der Waals surface area contributed by atoms with Crippen molar-refractivity contribution in [2.45, 2.75) is 13.8 Å². The summed E-state index contributed by atoms with van der Waals surface area (Å²) in [5, 5.41) is 5.05. The minimum Gasteiger partial charge on any atom is -0.330 e. The lowest BCUT2D eigenvalue weighted by Crippen LogP contribution is -2.33. The van der Waals surface area contributed by atoms with E-state index < -0.39 is 0 Å². The van der Waals surface area contributed by atoms with Crippen LogP contribution in [0.3, 0.4) is 0 Å². The lowest BCUT2D eigenvalue weighted by molar-refractivity contribution is -0.120. The predicted molar refractivity (Wildman–Crippen MR) is 85.8 cm³/mol. The molecule has 20 heavy (non-hydrogen) atoms. The lowest BCUT2D eigenvalue weighted by Gasteiger charge is -2.19. The number of para-hydroxylation sites is 1. The van der Waals surface area contributed by atoms with Crippen molar-refractivity contribution in [3.8, 4) is 10.4 Å². The fraction of sp³-hybridized carbons (Fsp3) is 0.312. The number of hydrogen-bond donors (Lipinski definition) is 2. The van der Waals surface area contributed by atoms with E-state index in [9.17, 15) is 4.79 Å². The summed E-state index contributed by atoms with van der Waals surface area (Å²) in [5.41, 5.74) is 7.60. The second kappa shape index (κ2) is 6.68. The van der Waals surface area contributed by atoms with Gasteiger partial charge in [-0.05, 0) is 23.4 Å². The summed E-state index contributed by atoms with van der Waals surface area (Å²) in [6.07, 6.45) is 0. The van der Waals surface area contributed by atoms with Gasteiger partial charge in [0.2, 0.25) is 5.91 Å². The van der Waals surface area contributed by atoms with Gasteiger partial charge in [0, 0.05) is 22.7 Å². The third-order valence-electron chi connectivity index (χ3n) is 3.37. The molecule has 106 valence electrons. The van der Waals surface area contributed by atoms with Crippen LogP contribution in [0.15, 0.2) is 41.8 Å². The van der Waals surface area contributed by atoms with Crippen LogP contribution >= 0.6 is 11.3 Å². The van der Waals surface area contributed by atoms with Gasteiger partial charge in [-0.2, -0.15) is 0 Å². The second-order valence-electron chi connectivity index (χ2n) is 5.10. The van der Waals surface area contributed by atoms with Crippen LogP contribution in [0.5, 0.6) is 0 Å². The fourth-order valence-corrected chi connectivity index (χ4v) is 2.91. The van der Waals surface area contributed by atoms with Gasteiger partial charge in [0.15, 0.2) is 0 Å². The number of carbonyl (C=O) groups excluding carboxylic acids is 1. The highest BCUT2D eigenvalue weighted by atomic mass is 32.1. The van der Waals surface area contributed by atoms with E-state index in [2.05, 4.69) is 11.4 Å². The zero-order chi connectivity index (χ0) is 14.5. The van der Waals surface area contributed by atoms with E-state index in [1.165, 1.54) is 0 Å². The Morgan fingerprint density at radius 1 is 1.25 bits per heavy atom. The van der Waals surface area contributed by atoms with E-state index in [0.29, 0.717) is 6.54 Å². The molecular formula is C16H20N2OS. The molecule has 2 rings (SSSR count). The molecule has 0 saturated heterocycles. The number of amides is 1. The van der Waals surface area contributed by atoms with Gasteiger partial charge in [-0.25, -0.2) is 0 Å². The third-order valence-corrected chi connectivity index (χ3v) is 4.27. The summed E-state index contributed by atoms with van der Waals surface area (Å²) in [5.74, 6) is 0.0618. The molecule has 2 aromatic rings. The number of hydrogen-bond acceptors (Lipinski definition) is 3. The van der Waals surface area contributed by atoms with Crippen molar-refractivity contribution in [1.82, 2.24) is 0 Å². The molecule has 1 amide bonds. The molecule has 0 bridgehead atoms. The maximum Gasteiger partial charge on any atom is 0.229 e. The lowest BCUT2D eigenvalue weighted by atomic mass is 9.95. The summed E-state index contributed by atoms with van der Waals surface area (Å²) in [4.78, 5) is 13.5. The van der Waals surface area contributed by atoms with Crippen molar-refractivity contribution in [2.24, 2.45) is 17.6 Å². The third kappa shape index (κ3) is 3.26. The summed E-state index contributed by atoms with van der Waals surface area (Å²) < 4.78 is 0. The number of anilines is 1. The van der Waals surface area contributed by atoms with Gasteiger partial charge in [0.05, 0.1) is 5.92 Å². The topological polar surface area (TPSA) is 55.1 Å². The zero-order valence-corrected chi connectivity index (χ0v) is 12.6. The Morgan fingerprint density at radius 2 is 2.00 bits per heavy atom. The molecule has 1 aromatic carbocycles. The molecule has 0 aliphatic rings. The minimum absolute atomic E-state index is 0.00786. The van der Waals surface area contributed by atoms with E-state index in [-0.39, 0.29) is 17.7 Å². The molecule has 0 aliphatic heterocycles. The van der Waals surface area contributed by atoms with Gasteiger partial charge in [-0.1, -0.05) is 38.1 Å². The second-order valence-corrected chi connectivity index (χ2v) is 6.05. The maximum atomic E-state index is 12.3. The van der Waals surface area contributed by atoms with E-state index in [4.69, 9.17) is 5.73 Å². The number of carbonyl (C=O) groups is 1. The molecule has 1 heterocycles. The fourth-order valence-electron chi connectivity index (χ4n) is 2.15. The Balaban J connectivity index is 2.24. The summed E-state index contributed by atoms with van der Waals surface area (Å²) in [6.45, 7) is 4.40. The number of benzene rings is 1. The molecular weight excluding hydrogens is 268 g/mol. The molecule has 1 aromatic heterocycles. The number of nitrogens with one attached hydrogen (secondary N) is 1. The highest BCUT2D eigenvalue weighted by Crippen LogP contribution is 2.31. The monoisotopic (exact) mass is 288 g/mol. The standard InChI is InChI=1S/C16H20N2OS/c1-11(2)13(10-17)16(19)18-14-7-4-3-6-12(14)15-8-5-9-20-15/h3-9,11,13H,10,17H2,1-2H3,(H,18,19). The average molecular weight is 288 g/mol. The normalized spacial score (nSPS) is 12.4. The number of rotatable bonds is 5. The zero-order valence-electron chi connectivity index (χ0n) is 11.8. The van der Waals surface area contributed by atoms with Crippen molar-refractivity contribution in [3.05, 3.63) is 41.8 Å². The number of nitrogens with two attached hydrogens (primary N) is 1. The van der Waals surface area contributed by atoms with Gasteiger partial charge < -0.3 is 11.1 Å². The largest absolute Gasteiger partial charge is 0.330 e. The molecule has 1 atom stereocenters. The van der Waals surface area contributed by atoms with Crippen LogP contribution in [0.1, 0.15) is 13.8 Å². The van der Waals surface area contributed by atoms with Gasteiger partial charge in [-0.3, -0.25) is 4.79 Å². The molecule has 0 fully saturated rings. The van der Waals surface area contributed by atoms with Crippen LogP contribution in [-0.4, -0.2) is 12.5 Å². The molecule has 4 heteroatoms. The summed E-state index contributed by atoms with van der Waals surface area (Å²) >= 11 is 1.66. The molecule has 0 spiro atoms. The molecule has 1 unspecified atom stereocenters. The van der Waals surface area contributed by atoms with Crippen LogP contribution in [-0.2, 0) is 4.79 Å². The van der Waals surface area contributed by atoms with Crippen LogP contribution in [0.2, 0.25) is 0 Å². The summed E-state index contributed by atoms with van der Waals surface area (Å²) in [7, 11) is 0. The van der Waals surface area contributed by atoms with E-state index >= 15 is 0 Å². The van der Waals surface area contributed by atoms with Crippen molar-refractivity contribution >= 4 is 22.9 Å². The Labute approximate surface area is 123 Å². The molecule has 0 saturated carbocycles. The first-order valence-electron chi connectivity index (χ1n) is 6.77. The highest BCUT2D eigenvalue weighted by molar-refractivity contribution is 7.13. The van der Waals surface area contributed by atoms with Crippen molar-refractivity contribution in [2.75, 3.05) is 11.9 Å². The Bertz CT molecular complexity index is 564. The van der Waals surface area contributed by atoms with Crippen LogP contribution in [0, 0.1) is 11.8 Å². The Morgan fingerprint density at radius 3 is 2.60 bits per heavy atom. The molecule has 0 radical (unpaired) electrons. The SMILES string of the molecule is CC(C)C(CN)C(=O)Nc1ccccc1-c1cccs1. The van der Waals surface area contributed by atoms with Crippen LogP contribution in [0.25, 0.3) is 10.4 Å². The van der Waals surface area contributed by atoms with Crippen LogP contribution in [0.4, 0.5) is 5.69 Å². The molecule has 0 aliphatic carbocycles. The predicted octanol–water partition coefficient (Wildman–Crippen LogP) is 3.58. The van der Waals surface area contributed by atoms with Gasteiger partial charge in [0.25, 0.3) is 0 Å². The van der Waals surface area contributed by atoms with Gasteiger partial charge >= 0.3 is 0 Å². The molecule has 3 N–H and O–H groups in total. The first-order chi connectivity index (χ1) is 9.63. The van der Waals surface area contributed by atoms with Crippen molar-refractivity contribution in [1.29, 1.82) is 0 Å². The number of thiophene rings is 1. The van der Waals surface area contributed by atoms with Crippen molar-refractivity contribution in [3.63, 3.8) is 0 Å². The van der Waals surface area contributed by atoms with Crippen LogP contribution < -0.4 is 11.1 Å². The first kappa shape index (κ1) is 14.8. The highest BCUT2D eigenvalue weighted by Gasteiger charge is 2.21. The van der Waals surface area contributed by atoms with E-state index in [0.717, 1.165) is 16.1 Å². The van der Waals surface area contributed by atoms with E-state index in [1.807, 2.05) is 49.6 Å². The smallest absolute Gasteiger partial charge is 0.229 e. The van der Waals surface area contributed by atoms with E-state index in [1.54, 1.807) is 11.3 Å². The molecule has 3 nitrogen and oxygen atoms in total. The van der Waals surface area contributed by atoms with Gasteiger partial charge in [-0.15, -0.1) is 11.3 Å². The summed E-state index contributed by atoms with van der Waals surface area (Å²) in [6, 6.07) is 11.9. The first-order valence-corrected chi connectivity index (χ1v) is 7.65. The van der Waals surface area contributed by atoms with Crippen molar-refractivity contribution < 1.29 is 4.79 Å². The van der Waals surface area contributed by atoms with Gasteiger partial charge in [0.1, 0.15) is 0 Å². The maximum absolute atomic E-state index is 12.3. The Hall–Kier alpha value is -1.65. The Kier molecular flexibility index (Phi) is 4.93. The minimum atomic E-state index is -0.161. The quantitative estimate of drug-likeness (QED) is 0.883. The average Bonchev–Trinajstić information content (AvgIpc) is 2.93.